The predicted molar refractivity (Wildman–Crippen MR) is 73.8 cm³/mol. The molecule has 1 atom stereocenters. The first-order valence-corrected chi connectivity index (χ1v) is 7.48. The highest BCUT2D eigenvalue weighted by Gasteiger charge is 2.27. The molecule has 0 amide bonds. The molecule has 0 saturated heterocycles. The molecular formula is C14H21NO2S. The van der Waals surface area contributed by atoms with Gasteiger partial charge in [0.1, 0.15) is 6.04 Å². The van der Waals surface area contributed by atoms with Crippen molar-refractivity contribution in [1.82, 2.24) is 5.32 Å². The summed E-state index contributed by atoms with van der Waals surface area (Å²) >= 11 is 1.70. The van der Waals surface area contributed by atoms with Crippen LogP contribution in [-0.2, 0) is 16.0 Å². The maximum absolute atomic E-state index is 11.9. The van der Waals surface area contributed by atoms with Gasteiger partial charge in [0.2, 0.25) is 0 Å². The van der Waals surface area contributed by atoms with Gasteiger partial charge in [0, 0.05) is 15.8 Å². The Hall–Kier alpha value is -0.870. The maximum atomic E-state index is 11.9. The highest BCUT2D eigenvalue weighted by Crippen LogP contribution is 2.27. The summed E-state index contributed by atoms with van der Waals surface area (Å²) in [7, 11) is 1.46. The molecule has 1 unspecified atom stereocenters. The summed E-state index contributed by atoms with van der Waals surface area (Å²) in [6.07, 6.45) is 5.87. The molecule has 1 aromatic rings. The number of thiophene rings is 1. The number of hydrogen-bond acceptors (Lipinski definition) is 4. The van der Waals surface area contributed by atoms with E-state index in [9.17, 15) is 4.79 Å². The van der Waals surface area contributed by atoms with Crippen molar-refractivity contribution in [3.8, 4) is 0 Å². The van der Waals surface area contributed by atoms with Crippen LogP contribution in [0.4, 0.5) is 0 Å². The van der Waals surface area contributed by atoms with E-state index in [4.69, 9.17) is 4.74 Å². The van der Waals surface area contributed by atoms with E-state index in [1.165, 1.54) is 37.7 Å². The molecule has 0 aliphatic heterocycles. The van der Waals surface area contributed by atoms with E-state index in [0.29, 0.717) is 6.04 Å². The van der Waals surface area contributed by atoms with Gasteiger partial charge < -0.3 is 4.74 Å². The first kappa shape index (κ1) is 13.6. The zero-order chi connectivity index (χ0) is 13.0. The maximum Gasteiger partial charge on any atom is 0.328 e. The lowest BCUT2D eigenvalue weighted by molar-refractivity contribution is -0.143. The molecule has 1 saturated carbocycles. The van der Waals surface area contributed by atoms with Gasteiger partial charge in [0.05, 0.1) is 7.11 Å². The average Bonchev–Trinajstić information content (AvgIpc) is 3.05. The minimum atomic E-state index is -0.289. The molecule has 4 heteroatoms. The van der Waals surface area contributed by atoms with Gasteiger partial charge >= 0.3 is 5.97 Å². The van der Waals surface area contributed by atoms with Crippen molar-refractivity contribution in [3.05, 3.63) is 21.9 Å². The van der Waals surface area contributed by atoms with Gasteiger partial charge in [-0.2, -0.15) is 0 Å². The predicted octanol–water partition coefficient (Wildman–Crippen LogP) is 3.06. The van der Waals surface area contributed by atoms with Crippen LogP contribution < -0.4 is 5.32 Å². The second-order valence-electron chi connectivity index (χ2n) is 4.76. The van der Waals surface area contributed by atoms with Gasteiger partial charge in [0.15, 0.2) is 0 Å². The molecule has 18 heavy (non-hydrogen) atoms. The lowest BCUT2D eigenvalue weighted by Crippen LogP contribution is -2.35. The van der Waals surface area contributed by atoms with E-state index in [2.05, 4.69) is 18.3 Å². The van der Waals surface area contributed by atoms with Crippen LogP contribution in [0, 0.1) is 0 Å². The molecular weight excluding hydrogens is 246 g/mol. The van der Waals surface area contributed by atoms with Crippen molar-refractivity contribution >= 4 is 17.3 Å². The van der Waals surface area contributed by atoms with Crippen LogP contribution in [0.2, 0.25) is 0 Å². The van der Waals surface area contributed by atoms with Crippen LogP contribution in [0.1, 0.15) is 48.4 Å². The third-order valence-corrected chi connectivity index (χ3v) is 4.80. The number of nitrogens with one attached hydrogen (secondary N) is 1. The first-order valence-electron chi connectivity index (χ1n) is 6.67. The van der Waals surface area contributed by atoms with Crippen LogP contribution in [-0.4, -0.2) is 19.1 Å². The molecule has 0 radical (unpaired) electrons. The van der Waals surface area contributed by atoms with E-state index in [1.54, 1.807) is 11.3 Å². The highest BCUT2D eigenvalue weighted by atomic mass is 32.1. The Morgan fingerprint density at radius 2 is 2.22 bits per heavy atom. The van der Waals surface area contributed by atoms with Gasteiger partial charge in [-0.25, -0.2) is 4.79 Å². The Bertz CT molecular complexity index is 396. The summed E-state index contributed by atoms with van der Waals surface area (Å²) < 4.78 is 4.93. The molecule has 2 rings (SSSR count). The summed E-state index contributed by atoms with van der Waals surface area (Å²) in [4.78, 5) is 14.3. The summed E-state index contributed by atoms with van der Waals surface area (Å²) in [5, 5.41) is 3.46. The van der Waals surface area contributed by atoms with Gasteiger partial charge in [-0.15, -0.1) is 11.3 Å². The minimum absolute atomic E-state index is 0.175. The van der Waals surface area contributed by atoms with Crippen LogP contribution in [0.5, 0.6) is 0 Å². The molecule has 0 spiro atoms. The Labute approximate surface area is 113 Å². The fourth-order valence-corrected chi connectivity index (χ4v) is 3.45. The van der Waals surface area contributed by atoms with E-state index < -0.39 is 0 Å². The number of methoxy groups -OCH3 is 1. The second kappa shape index (κ2) is 6.34. The molecule has 100 valence electrons. The number of carbonyl (C=O) groups excluding carboxylic acids is 1. The molecule has 3 nitrogen and oxygen atoms in total. The van der Waals surface area contributed by atoms with Crippen LogP contribution in [0.25, 0.3) is 0 Å². The molecule has 0 bridgehead atoms. The van der Waals surface area contributed by atoms with E-state index in [0.717, 1.165) is 11.3 Å². The zero-order valence-corrected chi connectivity index (χ0v) is 11.9. The normalized spacial score (nSPS) is 17.9. The van der Waals surface area contributed by atoms with Crippen molar-refractivity contribution in [1.29, 1.82) is 0 Å². The van der Waals surface area contributed by atoms with Crippen LogP contribution in [0.3, 0.4) is 0 Å². The van der Waals surface area contributed by atoms with Crippen LogP contribution >= 0.6 is 11.3 Å². The fourth-order valence-electron chi connectivity index (χ4n) is 2.45. The Morgan fingerprint density at radius 1 is 1.50 bits per heavy atom. The van der Waals surface area contributed by atoms with Gasteiger partial charge in [0.25, 0.3) is 0 Å². The van der Waals surface area contributed by atoms with Gasteiger partial charge in [-0.05, 0) is 31.4 Å². The number of rotatable bonds is 5. The highest BCUT2D eigenvalue weighted by molar-refractivity contribution is 7.12. The second-order valence-corrected chi connectivity index (χ2v) is 5.96. The largest absolute Gasteiger partial charge is 0.468 e. The number of carbonyl (C=O) groups is 1. The van der Waals surface area contributed by atoms with Crippen molar-refractivity contribution < 1.29 is 9.53 Å². The van der Waals surface area contributed by atoms with E-state index >= 15 is 0 Å². The summed E-state index contributed by atoms with van der Waals surface area (Å²) in [6.45, 7) is 2.13. The number of hydrogen-bond donors (Lipinski definition) is 1. The van der Waals surface area contributed by atoms with E-state index in [1.807, 2.05) is 6.07 Å². The third-order valence-electron chi connectivity index (χ3n) is 3.51. The Morgan fingerprint density at radius 3 is 2.78 bits per heavy atom. The van der Waals surface area contributed by atoms with Gasteiger partial charge in [-0.1, -0.05) is 19.8 Å². The third kappa shape index (κ3) is 3.12. The van der Waals surface area contributed by atoms with Crippen molar-refractivity contribution in [2.24, 2.45) is 0 Å². The summed E-state index contributed by atoms with van der Waals surface area (Å²) in [5.74, 6) is -0.175. The topological polar surface area (TPSA) is 38.3 Å². The molecule has 0 aromatic carbocycles. The first-order chi connectivity index (χ1) is 8.74. The SMILES string of the molecule is CCc1ccc(C(NC2CCCC2)C(=O)OC)s1. The minimum Gasteiger partial charge on any atom is -0.468 e. The summed E-state index contributed by atoms with van der Waals surface area (Å²) in [5.41, 5.74) is 0. The standard InChI is InChI=1S/C14H21NO2S/c1-3-11-8-9-12(18-11)13(14(16)17-2)15-10-6-4-5-7-10/h8-10,13,15H,3-7H2,1-2H3. The van der Waals surface area contributed by atoms with Crippen molar-refractivity contribution in [2.75, 3.05) is 7.11 Å². The molecule has 1 heterocycles. The Kier molecular flexibility index (Phi) is 4.78. The average molecular weight is 267 g/mol. The molecule has 1 aliphatic rings. The molecule has 1 aromatic heterocycles. The van der Waals surface area contributed by atoms with E-state index in [-0.39, 0.29) is 12.0 Å². The van der Waals surface area contributed by atoms with Gasteiger partial charge in [-0.3, -0.25) is 5.32 Å². The lowest BCUT2D eigenvalue weighted by atomic mass is 10.1. The number of aryl methyl sites for hydroxylation is 1. The fraction of sp³-hybridized carbons (Fsp3) is 0.643. The number of ether oxygens (including phenoxy) is 1. The monoisotopic (exact) mass is 267 g/mol. The zero-order valence-electron chi connectivity index (χ0n) is 11.1. The smallest absolute Gasteiger partial charge is 0.328 e. The molecule has 1 N–H and O–H groups in total. The summed E-state index contributed by atoms with van der Waals surface area (Å²) in [6, 6.07) is 4.32. The number of esters is 1. The van der Waals surface area contributed by atoms with Crippen molar-refractivity contribution in [3.63, 3.8) is 0 Å². The lowest BCUT2D eigenvalue weighted by Gasteiger charge is -2.19. The quantitative estimate of drug-likeness (QED) is 0.833. The van der Waals surface area contributed by atoms with Crippen LogP contribution in [0.15, 0.2) is 12.1 Å². The van der Waals surface area contributed by atoms with Crippen molar-refractivity contribution in [2.45, 2.75) is 51.1 Å². The molecule has 1 aliphatic carbocycles. The Balaban J connectivity index is 2.10. The molecule has 1 fully saturated rings.